The topological polar surface area (TPSA) is 40.5 Å². The summed E-state index contributed by atoms with van der Waals surface area (Å²) in [6, 6.07) is 3.53. The van der Waals surface area contributed by atoms with E-state index in [0.717, 1.165) is 12.5 Å². The molecular weight excluding hydrogens is 240 g/mol. The van der Waals surface area contributed by atoms with Crippen LogP contribution >= 0.6 is 0 Å². The summed E-state index contributed by atoms with van der Waals surface area (Å²) >= 11 is 0. The number of unbranched alkanes of at least 4 members (excludes halogenated alkanes) is 1. The van der Waals surface area contributed by atoms with Gasteiger partial charge in [-0.3, -0.25) is 4.79 Å². The summed E-state index contributed by atoms with van der Waals surface area (Å²) in [6.07, 6.45) is 1.50. The molecular formula is C13H17F2NO2. The van der Waals surface area contributed by atoms with Crippen molar-refractivity contribution in [2.75, 3.05) is 13.6 Å². The summed E-state index contributed by atoms with van der Waals surface area (Å²) in [4.78, 5) is 12.2. The molecule has 18 heavy (non-hydrogen) atoms. The first-order valence-electron chi connectivity index (χ1n) is 5.83. The fourth-order valence-corrected chi connectivity index (χ4v) is 1.68. The van der Waals surface area contributed by atoms with Crippen LogP contribution in [0.1, 0.15) is 24.8 Å². The van der Waals surface area contributed by atoms with E-state index in [9.17, 15) is 13.6 Å². The Morgan fingerprint density at radius 3 is 2.67 bits per heavy atom. The van der Waals surface area contributed by atoms with Crippen molar-refractivity contribution in [1.82, 2.24) is 4.90 Å². The average molecular weight is 257 g/mol. The minimum absolute atomic E-state index is 0.152. The van der Waals surface area contributed by atoms with Crippen LogP contribution in [0.15, 0.2) is 18.2 Å². The minimum atomic E-state index is -0.803. The van der Waals surface area contributed by atoms with Crippen molar-refractivity contribution in [1.29, 1.82) is 0 Å². The number of hydrogen-bond donors (Lipinski definition) is 1. The highest BCUT2D eigenvalue weighted by Gasteiger charge is 2.07. The lowest BCUT2D eigenvalue weighted by Crippen LogP contribution is -2.20. The molecule has 1 N–H and O–H groups in total. The van der Waals surface area contributed by atoms with Crippen LogP contribution in [0.2, 0.25) is 0 Å². The van der Waals surface area contributed by atoms with Gasteiger partial charge >= 0.3 is 5.97 Å². The molecule has 0 atom stereocenters. The van der Waals surface area contributed by atoms with Crippen molar-refractivity contribution in [2.45, 2.75) is 25.8 Å². The Morgan fingerprint density at radius 2 is 2.06 bits per heavy atom. The van der Waals surface area contributed by atoms with Gasteiger partial charge in [-0.05, 0) is 32.5 Å². The van der Waals surface area contributed by atoms with Crippen LogP contribution < -0.4 is 0 Å². The molecule has 0 spiro atoms. The van der Waals surface area contributed by atoms with E-state index >= 15 is 0 Å². The molecule has 3 nitrogen and oxygen atoms in total. The molecule has 0 unspecified atom stereocenters. The fourth-order valence-electron chi connectivity index (χ4n) is 1.68. The summed E-state index contributed by atoms with van der Waals surface area (Å²) in [5.74, 6) is -1.94. The van der Waals surface area contributed by atoms with Crippen LogP contribution in [0.25, 0.3) is 0 Å². The van der Waals surface area contributed by atoms with Gasteiger partial charge in [0.15, 0.2) is 0 Å². The fraction of sp³-hybridized carbons (Fsp3) is 0.462. The zero-order chi connectivity index (χ0) is 13.5. The molecule has 0 aliphatic carbocycles. The van der Waals surface area contributed by atoms with E-state index in [0.29, 0.717) is 25.1 Å². The number of halogens is 2. The van der Waals surface area contributed by atoms with Gasteiger partial charge in [-0.15, -0.1) is 0 Å². The van der Waals surface area contributed by atoms with Crippen LogP contribution in [0.4, 0.5) is 8.78 Å². The molecule has 0 bridgehead atoms. The number of carboxylic acid groups (broad SMARTS) is 1. The lowest BCUT2D eigenvalue weighted by atomic mass is 10.2. The molecule has 0 heterocycles. The maximum atomic E-state index is 13.4. The smallest absolute Gasteiger partial charge is 0.303 e. The van der Waals surface area contributed by atoms with Crippen molar-refractivity contribution >= 4 is 5.97 Å². The lowest BCUT2D eigenvalue weighted by Gasteiger charge is -2.16. The molecule has 0 fully saturated rings. The Balaban J connectivity index is 2.35. The van der Waals surface area contributed by atoms with Crippen molar-refractivity contribution in [2.24, 2.45) is 0 Å². The van der Waals surface area contributed by atoms with Gasteiger partial charge in [0.25, 0.3) is 0 Å². The predicted molar refractivity (Wildman–Crippen MR) is 64.2 cm³/mol. The molecule has 0 aliphatic heterocycles. The van der Waals surface area contributed by atoms with Crippen LogP contribution in [0.3, 0.4) is 0 Å². The van der Waals surface area contributed by atoms with Crippen LogP contribution in [0.5, 0.6) is 0 Å². The molecule has 100 valence electrons. The molecule has 0 saturated heterocycles. The van der Waals surface area contributed by atoms with Gasteiger partial charge in [-0.2, -0.15) is 0 Å². The number of benzene rings is 1. The molecule has 0 amide bonds. The normalized spacial score (nSPS) is 10.9. The highest BCUT2D eigenvalue weighted by molar-refractivity contribution is 5.66. The minimum Gasteiger partial charge on any atom is -0.481 e. The second-order valence-electron chi connectivity index (χ2n) is 4.32. The Hall–Kier alpha value is -1.49. The SMILES string of the molecule is CN(CCCCC(=O)O)Cc1ccc(F)cc1F. The van der Waals surface area contributed by atoms with Gasteiger partial charge in [0.2, 0.25) is 0 Å². The Labute approximate surface area is 105 Å². The molecule has 5 heteroatoms. The molecule has 0 radical (unpaired) electrons. The van der Waals surface area contributed by atoms with Crippen LogP contribution in [-0.4, -0.2) is 29.6 Å². The second kappa shape index (κ2) is 7.06. The number of hydrogen-bond acceptors (Lipinski definition) is 2. The first kappa shape index (κ1) is 14.6. The van der Waals surface area contributed by atoms with Crippen LogP contribution in [-0.2, 0) is 11.3 Å². The quantitative estimate of drug-likeness (QED) is 0.763. The van der Waals surface area contributed by atoms with E-state index in [1.807, 2.05) is 11.9 Å². The zero-order valence-corrected chi connectivity index (χ0v) is 10.3. The van der Waals surface area contributed by atoms with E-state index in [-0.39, 0.29) is 6.42 Å². The molecule has 0 saturated carbocycles. The van der Waals surface area contributed by atoms with Gasteiger partial charge in [0.1, 0.15) is 11.6 Å². The number of nitrogens with zero attached hydrogens (tertiary/aromatic N) is 1. The lowest BCUT2D eigenvalue weighted by molar-refractivity contribution is -0.137. The predicted octanol–water partition coefficient (Wildman–Crippen LogP) is 2.65. The molecule has 1 aromatic rings. The van der Waals surface area contributed by atoms with Gasteiger partial charge < -0.3 is 10.0 Å². The van der Waals surface area contributed by atoms with Crippen LogP contribution in [0, 0.1) is 11.6 Å². The standard InChI is InChI=1S/C13H17F2NO2/c1-16(7-3-2-4-13(17)18)9-10-5-6-11(14)8-12(10)15/h5-6,8H,2-4,7,9H2,1H3,(H,17,18). The zero-order valence-electron chi connectivity index (χ0n) is 10.3. The summed E-state index contributed by atoms with van der Waals surface area (Å²) < 4.78 is 26.1. The maximum absolute atomic E-state index is 13.4. The Morgan fingerprint density at radius 1 is 1.33 bits per heavy atom. The number of carboxylic acids is 1. The molecule has 1 rings (SSSR count). The summed E-state index contributed by atoms with van der Waals surface area (Å²) in [5.41, 5.74) is 0.442. The highest BCUT2D eigenvalue weighted by atomic mass is 19.1. The van der Waals surface area contributed by atoms with E-state index < -0.39 is 17.6 Å². The third kappa shape index (κ3) is 5.23. The van der Waals surface area contributed by atoms with E-state index in [4.69, 9.17) is 5.11 Å². The van der Waals surface area contributed by atoms with E-state index in [2.05, 4.69) is 0 Å². The van der Waals surface area contributed by atoms with Gasteiger partial charge in [0.05, 0.1) is 0 Å². The monoisotopic (exact) mass is 257 g/mol. The van der Waals surface area contributed by atoms with Crippen molar-refractivity contribution in [3.63, 3.8) is 0 Å². The number of carbonyl (C=O) groups is 1. The molecule has 0 aliphatic rings. The second-order valence-corrected chi connectivity index (χ2v) is 4.32. The average Bonchev–Trinajstić information content (AvgIpc) is 2.28. The number of rotatable bonds is 7. The van der Waals surface area contributed by atoms with Crippen molar-refractivity contribution in [3.05, 3.63) is 35.4 Å². The summed E-state index contributed by atoms with van der Waals surface area (Å²) in [6.45, 7) is 1.07. The third-order valence-electron chi connectivity index (χ3n) is 2.64. The van der Waals surface area contributed by atoms with Gasteiger partial charge in [-0.1, -0.05) is 6.07 Å². The Bertz CT molecular complexity index is 410. The van der Waals surface area contributed by atoms with Crippen molar-refractivity contribution < 1.29 is 18.7 Å². The Kier molecular flexibility index (Phi) is 5.71. The van der Waals surface area contributed by atoms with Crippen molar-refractivity contribution in [3.8, 4) is 0 Å². The maximum Gasteiger partial charge on any atom is 0.303 e. The van der Waals surface area contributed by atoms with E-state index in [1.54, 1.807) is 0 Å². The summed E-state index contributed by atoms with van der Waals surface area (Å²) in [5, 5.41) is 8.48. The highest BCUT2D eigenvalue weighted by Crippen LogP contribution is 2.12. The van der Waals surface area contributed by atoms with Gasteiger partial charge in [0, 0.05) is 24.6 Å². The summed E-state index contributed by atoms with van der Waals surface area (Å²) in [7, 11) is 1.82. The molecule has 0 aromatic heterocycles. The van der Waals surface area contributed by atoms with Gasteiger partial charge in [-0.25, -0.2) is 8.78 Å². The first-order chi connectivity index (χ1) is 8.49. The first-order valence-corrected chi connectivity index (χ1v) is 5.83. The molecule has 1 aromatic carbocycles. The van der Waals surface area contributed by atoms with E-state index in [1.165, 1.54) is 12.1 Å². The third-order valence-corrected chi connectivity index (χ3v) is 2.64. The largest absolute Gasteiger partial charge is 0.481 e. The number of aliphatic carboxylic acids is 1.